The van der Waals surface area contributed by atoms with Crippen LogP contribution < -0.4 is 25.8 Å². The summed E-state index contributed by atoms with van der Waals surface area (Å²) in [6.07, 6.45) is 1.56. The Hall–Kier alpha value is -2.75. The van der Waals surface area contributed by atoms with Crippen molar-refractivity contribution in [1.82, 2.24) is 14.9 Å². The van der Waals surface area contributed by atoms with Crippen LogP contribution in [0.2, 0.25) is 10.2 Å². The van der Waals surface area contributed by atoms with Gasteiger partial charge in [-0.3, -0.25) is 18.6 Å². The van der Waals surface area contributed by atoms with Crippen molar-refractivity contribution in [3.63, 3.8) is 0 Å². The number of alkyl halides is 2. The minimum absolute atomic E-state index is 0.0294. The molecular weight excluding hydrogens is 475 g/mol. The van der Waals surface area contributed by atoms with E-state index in [2.05, 4.69) is 15.6 Å². The summed E-state index contributed by atoms with van der Waals surface area (Å²) in [4.78, 5) is 21.8. The number of hydrogen-bond donors (Lipinski definition) is 2. The molecule has 3 aromatic rings. The van der Waals surface area contributed by atoms with Crippen molar-refractivity contribution in [1.29, 1.82) is 0 Å². The second-order valence-electron chi connectivity index (χ2n) is 6.68. The van der Waals surface area contributed by atoms with Crippen molar-refractivity contribution in [3.05, 3.63) is 86.6 Å². The molecule has 2 N–H and O–H groups in total. The van der Waals surface area contributed by atoms with Crippen molar-refractivity contribution in [2.45, 2.75) is 19.3 Å². The van der Waals surface area contributed by atoms with Gasteiger partial charge in [0.15, 0.2) is 5.82 Å². The normalized spacial score (nSPS) is 11.3. The lowest BCUT2D eigenvalue weighted by Gasteiger charge is -2.13. The Morgan fingerprint density at radius 2 is 2.00 bits per heavy atom. The fourth-order valence-corrected chi connectivity index (χ4v) is 3.43. The Bertz CT molecular complexity index is 1080. The van der Waals surface area contributed by atoms with Crippen LogP contribution in [0.4, 0.5) is 14.6 Å². The number of nitrogens with zero attached hydrogens (tertiary/aromatic N) is 3. The molecule has 33 heavy (non-hydrogen) atoms. The highest BCUT2D eigenvalue weighted by molar-refractivity contribution is 6.30. The first kappa shape index (κ1) is 26.5. The summed E-state index contributed by atoms with van der Waals surface area (Å²) in [7, 11) is 1.95. The molecule has 0 aliphatic heterocycles. The number of pyridine rings is 1. The van der Waals surface area contributed by atoms with E-state index >= 15 is 0 Å². The van der Waals surface area contributed by atoms with Gasteiger partial charge < -0.3 is 10.6 Å². The van der Waals surface area contributed by atoms with E-state index < -0.39 is 11.7 Å². The van der Waals surface area contributed by atoms with Gasteiger partial charge >= 0.3 is 0 Å². The van der Waals surface area contributed by atoms with Gasteiger partial charge in [0.05, 0.1) is 19.9 Å². The summed E-state index contributed by atoms with van der Waals surface area (Å²) < 4.78 is 26.9. The third kappa shape index (κ3) is 7.66. The standard InChI is InChI=1S/C21H23Cl2FN5O2.CH3F/c1-31-29-9-3-2-7-18(29)17(24)13-26-20-21(30)28(19(23)14-27-20)10-8-25-12-15-5-4-6-16(22)11-15;1-2/h2-7,9,11,14,17,25H,8,10,12-13H2,1H3,(H,26,27);1H3/q+1;. The van der Waals surface area contributed by atoms with Crippen LogP contribution in [0.15, 0.2) is 59.7 Å². The molecule has 0 radical (unpaired) electrons. The van der Waals surface area contributed by atoms with Crippen LogP contribution in [0.25, 0.3) is 0 Å². The second-order valence-corrected chi connectivity index (χ2v) is 7.50. The number of rotatable bonds is 10. The van der Waals surface area contributed by atoms with Gasteiger partial charge in [-0.15, -0.1) is 0 Å². The Kier molecular flexibility index (Phi) is 11.0. The van der Waals surface area contributed by atoms with Crippen molar-refractivity contribution >= 4 is 29.0 Å². The van der Waals surface area contributed by atoms with Crippen LogP contribution in [0.3, 0.4) is 0 Å². The number of nitrogens with one attached hydrogen (secondary N) is 2. The molecule has 0 saturated heterocycles. The highest BCUT2D eigenvalue weighted by atomic mass is 35.5. The highest BCUT2D eigenvalue weighted by Gasteiger charge is 2.23. The average molecular weight is 501 g/mol. The monoisotopic (exact) mass is 500 g/mol. The fraction of sp³-hybridized carbons (Fsp3) is 0.318. The van der Waals surface area contributed by atoms with Crippen LogP contribution >= 0.6 is 23.2 Å². The van der Waals surface area contributed by atoms with Gasteiger partial charge in [0.2, 0.25) is 12.4 Å². The topological polar surface area (TPSA) is 72.1 Å². The third-order valence-electron chi connectivity index (χ3n) is 4.56. The van der Waals surface area contributed by atoms with E-state index in [1.54, 1.807) is 24.4 Å². The molecule has 2 heterocycles. The van der Waals surface area contributed by atoms with Crippen molar-refractivity contribution in [2.75, 3.05) is 32.7 Å². The number of benzene rings is 1. The summed E-state index contributed by atoms with van der Waals surface area (Å²) in [5.74, 6) is 0.0294. The van der Waals surface area contributed by atoms with E-state index in [0.29, 0.717) is 37.5 Å². The van der Waals surface area contributed by atoms with Gasteiger partial charge in [0.25, 0.3) is 11.3 Å². The van der Waals surface area contributed by atoms with Gasteiger partial charge in [-0.1, -0.05) is 35.3 Å². The molecule has 0 aliphatic rings. The van der Waals surface area contributed by atoms with E-state index in [0.717, 1.165) is 5.56 Å². The maximum atomic E-state index is 14.7. The van der Waals surface area contributed by atoms with Gasteiger partial charge in [-0.25, -0.2) is 9.37 Å². The van der Waals surface area contributed by atoms with Crippen molar-refractivity contribution < 1.29 is 18.3 Å². The molecular formula is C22H26Cl2F2N5O2+. The molecule has 0 fully saturated rings. The molecule has 178 valence electrons. The molecule has 0 amide bonds. The number of halogens is 4. The van der Waals surface area contributed by atoms with E-state index in [1.165, 1.54) is 22.6 Å². The lowest BCUT2D eigenvalue weighted by Crippen LogP contribution is -2.45. The lowest BCUT2D eigenvalue weighted by molar-refractivity contribution is -0.892. The van der Waals surface area contributed by atoms with Gasteiger partial charge in [-0.05, 0) is 23.8 Å². The van der Waals surface area contributed by atoms with E-state index in [1.807, 2.05) is 24.3 Å². The molecule has 1 atom stereocenters. The van der Waals surface area contributed by atoms with Gasteiger partial charge in [-0.2, -0.15) is 0 Å². The van der Waals surface area contributed by atoms with Crippen LogP contribution in [-0.4, -0.2) is 36.9 Å². The Morgan fingerprint density at radius 1 is 1.21 bits per heavy atom. The number of anilines is 1. The molecule has 1 aromatic carbocycles. The largest absolute Gasteiger partial charge is 0.362 e. The van der Waals surface area contributed by atoms with Crippen LogP contribution in [-0.2, 0) is 13.1 Å². The summed E-state index contributed by atoms with van der Waals surface area (Å²) in [6, 6.07) is 12.6. The minimum atomic E-state index is -1.41. The number of hydrogen-bond acceptors (Lipinski definition) is 5. The SMILES string of the molecule is CF.CO[n+]1ccccc1C(F)CNc1ncc(Cl)n(CCNCc2cccc(Cl)c2)c1=O. The zero-order chi connectivity index (χ0) is 24.2. The van der Waals surface area contributed by atoms with Crippen LogP contribution in [0.5, 0.6) is 0 Å². The first-order chi connectivity index (χ1) is 16.0. The summed E-state index contributed by atoms with van der Waals surface area (Å²) in [5, 5.41) is 6.89. The third-order valence-corrected chi connectivity index (χ3v) is 5.09. The predicted molar refractivity (Wildman–Crippen MR) is 125 cm³/mol. The molecule has 0 spiro atoms. The van der Waals surface area contributed by atoms with Gasteiger partial charge in [0, 0.05) is 41.5 Å². The molecule has 2 aromatic heterocycles. The Balaban J connectivity index is 0.00000187. The lowest BCUT2D eigenvalue weighted by atomic mass is 10.2. The van der Waals surface area contributed by atoms with Crippen molar-refractivity contribution in [2.24, 2.45) is 0 Å². The van der Waals surface area contributed by atoms with E-state index in [-0.39, 0.29) is 17.5 Å². The Morgan fingerprint density at radius 3 is 2.73 bits per heavy atom. The maximum absolute atomic E-state index is 14.7. The highest BCUT2D eigenvalue weighted by Crippen LogP contribution is 2.14. The molecule has 0 bridgehead atoms. The van der Waals surface area contributed by atoms with Crippen LogP contribution in [0.1, 0.15) is 17.4 Å². The molecule has 1 unspecified atom stereocenters. The molecule has 0 saturated carbocycles. The summed E-state index contributed by atoms with van der Waals surface area (Å²) >= 11 is 12.1. The average Bonchev–Trinajstić information content (AvgIpc) is 2.84. The zero-order valence-corrected chi connectivity index (χ0v) is 19.8. The van der Waals surface area contributed by atoms with Crippen LogP contribution in [0, 0.1) is 0 Å². The molecule has 11 heteroatoms. The predicted octanol–water partition coefficient (Wildman–Crippen LogP) is 3.39. The second kappa shape index (κ2) is 13.7. The molecule has 3 rings (SSSR count). The van der Waals surface area contributed by atoms with E-state index in [9.17, 15) is 13.6 Å². The fourth-order valence-electron chi connectivity index (χ4n) is 3.01. The zero-order valence-electron chi connectivity index (χ0n) is 18.3. The molecule has 0 aliphatic carbocycles. The minimum Gasteiger partial charge on any atom is -0.362 e. The maximum Gasteiger partial charge on any atom is 0.294 e. The van der Waals surface area contributed by atoms with Crippen molar-refractivity contribution in [3.8, 4) is 0 Å². The first-order valence-corrected chi connectivity index (χ1v) is 10.8. The molecule has 7 nitrogen and oxygen atoms in total. The first-order valence-electron chi connectivity index (χ1n) is 10.0. The number of aromatic nitrogens is 3. The quantitative estimate of drug-likeness (QED) is 0.329. The summed E-state index contributed by atoms with van der Waals surface area (Å²) in [5.41, 5.74) is 0.931. The van der Waals surface area contributed by atoms with E-state index in [4.69, 9.17) is 28.0 Å². The smallest absolute Gasteiger partial charge is 0.294 e. The summed E-state index contributed by atoms with van der Waals surface area (Å²) in [6.45, 7) is 1.28. The Labute approximate surface area is 200 Å². The van der Waals surface area contributed by atoms with Gasteiger partial charge in [0.1, 0.15) is 12.3 Å².